The number of anilines is 1. The average Bonchev–Trinajstić information content (AvgIpc) is 3.11. The van der Waals surface area contributed by atoms with Gasteiger partial charge in [0.2, 0.25) is 0 Å². The number of fused-ring (bicyclic) bond motifs is 2. The van der Waals surface area contributed by atoms with Crippen LogP contribution in [0.4, 0.5) is 5.13 Å². The minimum atomic E-state index is 0.0000792. The fourth-order valence-corrected chi connectivity index (χ4v) is 5.33. The lowest BCUT2D eigenvalue weighted by molar-refractivity contribution is 0.282. The highest BCUT2D eigenvalue weighted by Gasteiger charge is 2.40. The third-order valence-electron chi connectivity index (χ3n) is 5.26. The third kappa shape index (κ3) is 2.98. The Kier molecular flexibility index (Phi) is 4.04. The summed E-state index contributed by atoms with van der Waals surface area (Å²) in [5.41, 5.74) is 1.06. The molecule has 2 aliphatic carbocycles. The van der Waals surface area contributed by atoms with E-state index >= 15 is 0 Å². The topological polar surface area (TPSA) is 36.4 Å². The van der Waals surface area contributed by atoms with Crippen LogP contribution in [0.2, 0.25) is 0 Å². The quantitative estimate of drug-likeness (QED) is 0.919. The van der Waals surface area contributed by atoms with Crippen molar-refractivity contribution < 1.29 is 5.11 Å². The van der Waals surface area contributed by atoms with E-state index in [1.54, 1.807) is 11.3 Å². The highest BCUT2D eigenvalue weighted by Crippen LogP contribution is 2.48. The van der Waals surface area contributed by atoms with E-state index in [4.69, 9.17) is 4.98 Å². The summed E-state index contributed by atoms with van der Waals surface area (Å²) in [4.78, 5) is 8.19. The van der Waals surface area contributed by atoms with Crippen molar-refractivity contribution in [3.05, 3.63) is 10.6 Å². The SMILES string of the molecule is CN(CC1CC2CCC1C2)c1nc(C(C)(C)C)c(CO)s1. The maximum atomic E-state index is 9.60. The van der Waals surface area contributed by atoms with E-state index in [0.29, 0.717) is 0 Å². The van der Waals surface area contributed by atoms with Crippen LogP contribution >= 0.6 is 11.3 Å². The van der Waals surface area contributed by atoms with Crippen molar-refractivity contribution in [2.24, 2.45) is 17.8 Å². The molecule has 2 saturated carbocycles. The number of hydrogen-bond donors (Lipinski definition) is 1. The summed E-state index contributed by atoms with van der Waals surface area (Å²) < 4.78 is 0. The van der Waals surface area contributed by atoms with E-state index < -0.39 is 0 Å². The number of nitrogens with zero attached hydrogens (tertiary/aromatic N) is 2. The first-order valence-corrected chi connectivity index (χ1v) is 9.02. The van der Waals surface area contributed by atoms with Crippen molar-refractivity contribution in [1.82, 2.24) is 4.98 Å². The Morgan fingerprint density at radius 2 is 2.05 bits per heavy atom. The average molecular weight is 308 g/mol. The van der Waals surface area contributed by atoms with Crippen molar-refractivity contribution in [3.63, 3.8) is 0 Å². The molecule has 1 aromatic heterocycles. The molecule has 21 heavy (non-hydrogen) atoms. The van der Waals surface area contributed by atoms with E-state index in [9.17, 15) is 5.11 Å². The molecule has 2 bridgehead atoms. The monoisotopic (exact) mass is 308 g/mol. The van der Waals surface area contributed by atoms with E-state index in [-0.39, 0.29) is 12.0 Å². The number of rotatable bonds is 4. The number of thiazole rings is 1. The lowest BCUT2D eigenvalue weighted by atomic mass is 9.88. The molecule has 4 heteroatoms. The van der Waals surface area contributed by atoms with Gasteiger partial charge in [0.1, 0.15) is 0 Å². The first-order chi connectivity index (χ1) is 9.88. The molecule has 0 amide bonds. The minimum absolute atomic E-state index is 0.0000792. The van der Waals surface area contributed by atoms with Gasteiger partial charge in [0, 0.05) is 19.0 Å². The maximum absolute atomic E-state index is 9.60. The van der Waals surface area contributed by atoms with Gasteiger partial charge < -0.3 is 10.0 Å². The largest absolute Gasteiger partial charge is 0.391 e. The predicted octanol–water partition coefficient (Wildman–Crippen LogP) is 3.81. The van der Waals surface area contributed by atoms with Gasteiger partial charge in [-0.05, 0) is 37.0 Å². The number of aliphatic hydroxyl groups excluding tert-OH is 1. The molecule has 2 fully saturated rings. The van der Waals surface area contributed by atoms with Gasteiger partial charge in [-0.25, -0.2) is 4.98 Å². The van der Waals surface area contributed by atoms with Crippen LogP contribution < -0.4 is 4.90 Å². The Morgan fingerprint density at radius 3 is 2.52 bits per heavy atom. The fraction of sp³-hybridized carbons (Fsp3) is 0.824. The molecule has 2 aliphatic rings. The van der Waals surface area contributed by atoms with Gasteiger partial charge in [0.15, 0.2) is 5.13 Å². The van der Waals surface area contributed by atoms with Gasteiger partial charge >= 0.3 is 0 Å². The zero-order valence-corrected chi connectivity index (χ0v) is 14.5. The summed E-state index contributed by atoms with van der Waals surface area (Å²) >= 11 is 1.66. The Morgan fingerprint density at radius 1 is 1.29 bits per heavy atom. The summed E-state index contributed by atoms with van der Waals surface area (Å²) in [6, 6.07) is 0. The predicted molar refractivity (Wildman–Crippen MR) is 88.9 cm³/mol. The summed E-state index contributed by atoms with van der Waals surface area (Å²) in [6.45, 7) is 7.73. The summed E-state index contributed by atoms with van der Waals surface area (Å²) in [5, 5.41) is 10.7. The molecule has 0 saturated heterocycles. The normalized spacial score (nSPS) is 28.3. The lowest BCUT2D eigenvalue weighted by Gasteiger charge is -2.27. The number of aromatic nitrogens is 1. The van der Waals surface area contributed by atoms with Crippen molar-refractivity contribution in [1.29, 1.82) is 0 Å². The second-order valence-electron chi connectivity index (χ2n) is 7.99. The van der Waals surface area contributed by atoms with Gasteiger partial charge in [-0.1, -0.05) is 38.5 Å². The molecule has 0 aliphatic heterocycles. The van der Waals surface area contributed by atoms with Gasteiger partial charge in [-0.3, -0.25) is 0 Å². The van der Waals surface area contributed by atoms with Crippen molar-refractivity contribution in [2.75, 3.05) is 18.5 Å². The van der Waals surface area contributed by atoms with Crippen molar-refractivity contribution >= 4 is 16.5 Å². The van der Waals surface area contributed by atoms with E-state index in [2.05, 4.69) is 32.7 Å². The van der Waals surface area contributed by atoms with E-state index in [1.807, 2.05) is 0 Å². The molecule has 0 spiro atoms. The Bertz CT molecular complexity index is 505. The summed E-state index contributed by atoms with van der Waals surface area (Å²) in [6.07, 6.45) is 5.78. The molecule has 1 N–H and O–H groups in total. The molecule has 3 unspecified atom stereocenters. The zero-order chi connectivity index (χ0) is 15.2. The molecule has 3 atom stereocenters. The molecular weight excluding hydrogens is 280 g/mol. The standard InChI is InChI=1S/C17H28N2OS/c1-17(2,3)15-14(10-20)21-16(18-15)19(4)9-13-8-11-5-6-12(13)7-11/h11-13,20H,5-10H2,1-4H3. The molecule has 3 nitrogen and oxygen atoms in total. The van der Waals surface area contributed by atoms with Crippen LogP contribution in [0, 0.1) is 17.8 Å². The Labute approximate surface area is 132 Å². The molecule has 0 radical (unpaired) electrons. The van der Waals surface area contributed by atoms with Gasteiger partial charge in [0.25, 0.3) is 0 Å². The third-order valence-corrected chi connectivity index (χ3v) is 6.41. The van der Waals surface area contributed by atoms with Gasteiger partial charge in [0.05, 0.1) is 17.2 Å². The first-order valence-electron chi connectivity index (χ1n) is 8.20. The van der Waals surface area contributed by atoms with Crippen molar-refractivity contribution in [2.45, 2.75) is 58.5 Å². The van der Waals surface area contributed by atoms with Crippen LogP contribution in [-0.4, -0.2) is 23.7 Å². The van der Waals surface area contributed by atoms with Crippen LogP contribution in [0.5, 0.6) is 0 Å². The first kappa shape index (κ1) is 15.3. The highest BCUT2D eigenvalue weighted by atomic mass is 32.1. The molecule has 118 valence electrons. The Hall–Kier alpha value is -0.610. The van der Waals surface area contributed by atoms with Gasteiger partial charge in [-0.2, -0.15) is 0 Å². The van der Waals surface area contributed by atoms with Crippen LogP contribution in [0.1, 0.15) is 57.0 Å². The highest BCUT2D eigenvalue weighted by molar-refractivity contribution is 7.15. The van der Waals surface area contributed by atoms with Gasteiger partial charge in [-0.15, -0.1) is 0 Å². The smallest absolute Gasteiger partial charge is 0.185 e. The van der Waals surface area contributed by atoms with E-state index in [1.165, 1.54) is 25.7 Å². The Balaban J connectivity index is 1.72. The zero-order valence-electron chi connectivity index (χ0n) is 13.7. The van der Waals surface area contributed by atoms with E-state index in [0.717, 1.165) is 40.0 Å². The number of hydrogen-bond acceptors (Lipinski definition) is 4. The fourth-order valence-electron chi connectivity index (χ4n) is 4.23. The molecule has 0 aromatic carbocycles. The van der Waals surface area contributed by atoms with Crippen LogP contribution in [0.3, 0.4) is 0 Å². The second kappa shape index (κ2) is 5.54. The summed E-state index contributed by atoms with van der Waals surface area (Å²) in [5.74, 6) is 2.81. The summed E-state index contributed by atoms with van der Waals surface area (Å²) in [7, 11) is 2.17. The van der Waals surface area contributed by atoms with Crippen LogP contribution in [0.25, 0.3) is 0 Å². The van der Waals surface area contributed by atoms with Crippen molar-refractivity contribution in [3.8, 4) is 0 Å². The minimum Gasteiger partial charge on any atom is -0.391 e. The number of aliphatic hydroxyl groups is 1. The maximum Gasteiger partial charge on any atom is 0.185 e. The van der Waals surface area contributed by atoms with Crippen LogP contribution in [-0.2, 0) is 12.0 Å². The molecule has 1 heterocycles. The van der Waals surface area contributed by atoms with Crippen LogP contribution in [0.15, 0.2) is 0 Å². The second-order valence-corrected chi connectivity index (χ2v) is 9.05. The lowest BCUT2D eigenvalue weighted by Crippen LogP contribution is -2.28. The molecule has 3 rings (SSSR count). The molecular formula is C17H28N2OS. The molecule has 1 aromatic rings.